The van der Waals surface area contributed by atoms with Gasteiger partial charge < -0.3 is 10.4 Å². The van der Waals surface area contributed by atoms with Gasteiger partial charge in [-0.1, -0.05) is 53.5 Å². The van der Waals surface area contributed by atoms with Crippen molar-refractivity contribution in [2.24, 2.45) is 5.10 Å². The van der Waals surface area contributed by atoms with Crippen LogP contribution in [0, 0.1) is 0 Å². The quantitative estimate of drug-likeness (QED) is 0.390. The number of aromatic hydroxyl groups is 1. The van der Waals surface area contributed by atoms with Crippen LogP contribution < -0.4 is 10.7 Å². The molecule has 0 unspecified atom stereocenters. The van der Waals surface area contributed by atoms with Gasteiger partial charge in [-0.15, -0.1) is 0 Å². The molecule has 0 bridgehead atoms. The molecule has 6 nitrogen and oxygen atoms in total. The van der Waals surface area contributed by atoms with Crippen molar-refractivity contribution in [3.05, 3.63) is 70.2 Å². The lowest BCUT2D eigenvalue weighted by molar-refractivity contribution is -0.124. The van der Waals surface area contributed by atoms with Gasteiger partial charge in [0.05, 0.1) is 16.9 Å². The number of carbonyl (C=O) groups is 2. The molecule has 0 radical (unpaired) electrons. The molecule has 8 heteroatoms. The van der Waals surface area contributed by atoms with Gasteiger partial charge in [0, 0.05) is 23.4 Å². The molecule has 0 aliphatic rings. The van der Waals surface area contributed by atoms with E-state index >= 15 is 0 Å². The fraction of sp³-hybridized carbons (Fsp3) is 0.0952. The van der Waals surface area contributed by atoms with Crippen LogP contribution in [-0.4, -0.2) is 23.1 Å². The number of nitrogens with zero attached hydrogens (tertiary/aromatic N) is 1. The van der Waals surface area contributed by atoms with E-state index in [-0.39, 0.29) is 24.5 Å². The number of phenols is 1. The molecule has 0 saturated carbocycles. The van der Waals surface area contributed by atoms with Crippen LogP contribution in [-0.2, 0) is 9.59 Å². The van der Waals surface area contributed by atoms with Crippen molar-refractivity contribution in [2.75, 3.05) is 5.32 Å². The Balaban J connectivity index is 1.54. The lowest BCUT2D eigenvalue weighted by Crippen LogP contribution is -2.20. The van der Waals surface area contributed by atoms with Gasteiger partial charge in [-0.25, -0.2) is 5.43 Å². The summed E-state index contributed by atoms with van der Waals surface area (Å²) < 4.78 is 0. The number of amides is 2. The standard InChI is InChI=1S/C21H17Cl2N3O3/c22-14-6-7-18(17(23)11-14)25-20(28)9-10-21(29)26-24-12-16-15-4-2-1-3-13(15)5-8-19(16)27/h1-8,11-12,27H,9-10H2,(H,25,28)(H,26,29). The molecule has 0 saturated heterocycles. The van der Waals surface area contributed by atoms with Crippen LogP contribution >= 0.6 is 23.2 Å². The first-order chi connectivity index (χ1) is 13.9. The smallest absolute Gasteiger partial charge is 0.240 e. The molecule has 0 heterocycles. The summed E-state index contributed by atoms with van der Waals surface area (Å²) in [5, 5.41) is 19.1. The van der Waals surface area contributed by atoms with Crippen molar-refractivity contribution < 1.29 is 14.7 Å². The van der Waals surface area contributed by atoms with E-state index in [9.17, 15) is 14.7 Å². The third-order valence-electron chi connectivity index (χ3n) is 4.11. The lowest BCUT2D eigenvalue weighted by atomic mass is 10.0. The summed E-state index contributed by atoms with van der Waals surface area (Å²) in [7, 11) is 0. The summed E-state index contributed by atoms with van der Waals surface area (Å²) >= 11 is 11.8. The Bertz CT molecular complexity index is 1100. The monoisotopic (exact) mass is 429 g/mol. The summed E-state index contributed by atoms with van der Waals surface area (Å²) in [4.78, 5) is 23.9. The molecular weight excluding hydrogens is 413 g/mol. The fourth-order valence-corrected chi connectivity index (χ4v) is 3.13. The maximum absolute atomic E-state index is 12.0. The lowest BCUT2D eigenvalue weighted by Gasteiger charge is -2.07. The number of benzene rings is 3. The third-order valence-corrected chi connectivity index (χ3v) is 4.66. The molecule has 0 fully saturated rings. The second-order valence-corrected chi connectivity index (χ2v) is 7.03. The van der Waals surface area contributed by atoms with Gasteiger partial charge in [-0.2, -0.15) is 5.10 Å². The van der Waals surface area contributed by atoms with E-state index in [0.29, 0.717) is 21.3 Å². The van der Waals surface area contributed by atoms with Crippen molar-refractivity contribution in [3.8, 4) is 5.75 Å². The predicted octanol–water partition coefficient (Wildman–Crippen LogP) is 4.72. The number of rotatable bonds is 6. The number of phenolic OH excluding ortho intramolecular Hbond substituents is 1. The van der Waals surface area contributed by atoms with Gasteiger partial charge in [0.15, 0.2) is 0 Å². The number of nitrogens with one attached hydrogen (secondary N) is 2. The van der Waals surface area contributed by atoms with Crippen LogP contribution in [0.2, 0.25) is 10.0 Å². The fourth-order valence-electron chi connectivity index (χ4n) is 2.68. The number of hydrazone groups is 1. The Hall–Kier alpha value is -3.09. The highest BCUT2D eigenvalue weighted by Gasteiger charge is 2.09. The minimum Gasteiger partial charge on any atom is -0.507 e. The topological polar surface area (TPSA) is 90.8 Å². The van der Waals surface area contributed by atoms with Crippen LogP contribution in [0.25, 0.3) is 10.8 Å². The number of hydrogen-bond donors (Lipinski definition) is 3. The molecule has 148 valence electrons. The van der Waals surface area contributed by atoms with Crippen molar-refractivity contribution >= 4 is 57.7 Å². The number of hydrogen-bond acceptors (Lipinski definition) is 4. The Morgan fingerprint density at radius 2 is 1.76 bits per heavy atom. The van der Waals surface area contributed by atoms with Gasteiger partial charge in [0.2, 0.25) is 11.8 Å². The number of halogens is 2. The molecular formula is C21H17Cl2N3O3. The second-order valence-electron chi connectivity index (χ2n) is 6.19. The predicted molar refractivity (Wildman–Crippen MR) is 116 cm³/mol. The Morgan fingerprint density at radius 3 is 2.55 bits per heavy atom. The Morgan fingerprint density at radius 1 is 1.00 bits per heavy atom. The van der Waals surface area contributed by atoms with Crippen LogP contribution in [0.4, 0.5) is 5.69 Å². The molecule has 0 aromatic heterocycles. The van der Waals surface area contributed by atoms with Crippen LogP contribution in [0.3, 0.4) is 0 Å². The van der Waals surface area contributed by atoms with Crippen molar-refractivity contribution in [1.82, 2.24) is 5.43 Å². The maximum atomic E-state index is 12.0. The van der Waals surface area contributed by atoms with E-state index in [1.807, 2.05) is 24.3 Å². The average molecular weight is 430 g/mol. The molecule has 3 rings (SSSR count). The largest absolute Gasteiger partial charge is 0.507 e. The van der Waals surface area contributed by atoms with Crippen LogP contribution in [0.15, 0.2) is 59.7 Å². The molecule has 3 N–H and O–H groups in total. The number of anilines is 1. The van der Waals surface area contributed by atoms with E-state index in [0.717, 1.165) is 10.8 Å². The van der Waals surface area contributed by atoms with E-state index in [1.54, 1.807) is 24.3 Å². The molecule has 2 amide bonds. The summed E-state index contributed by atoms with van der Waals surface area (Å²) in [5.41, 5.74) is 3.28. The first-order valence-corrected chi connectivity index (χ1v) is 9.47. The van der Waals surface area contributed by atoms with Gasteiger partial charge in [0.1, 0.15) is 5.75 Å². The van der Waals surface area contributed by atoms with E-state index < -0.39 is 5.91 Å². The SMILES string of the molecule is O=C(CCC(=O)Nc1ccc(Cl)cc1Cl)NN=Cc1c(O)ccc2ccccc12. The van der Waals surface area contributed by atoms with Gasteiger partial charge >= 0.3 is 0 Å². The van der Waals surface area contributed by atoms with Crippen molar-refractivity contribution in [1.29, 1.82) is 0 Å². The zero-order valence-electron chi connectivity index (χ0n) is 15.2. The summed E-state index contributed by atoms with van der Waals surface area (Å²) in [6, 6.07) is 15.6. The van der Waals surface area contributed by atoms with Gasteiger partial charge in [-0.3, -0.25) is 9.59 Å². The van der Waals surface area contributed by atoms with E-state index in [1.165, 1.54) is 12.3 Å². The van der Waals surface area contributed by atoms with E-state index in [2.05, 4.69) is 15.8 Å². The summed E-state index contributed by atoms with van der Waals surface area (Å²) in [6.45, 7) is 0. The molecule has 0 spiro atoms. The van der Waals surface area contributed by atoms with Crippen molar-refractivity contribution in [2.45, 2.75) is 12.8 Å². The van der Waals surface area contributed by atoms with Crippen LogP contribution in [0.5, 0.6) is 5.75 Å². The number of fused-ring (bicyclic) bond motifs is 1. The molecule has 0 atom stereocenters. The first-order valence-electron chi connectivity index (χ1n) is 8.71. The third kappa shape index (κ3) is 5.47. The normalized spacial score (nSPS) is 11.0. The highest BCUT2D eigenvalue weighted by atomic mass is 35.5. The highest BCUT2D eigenvalue weighted by molar-refractivity contribution is 6.36. The summed E-state index contributed by atoms with van der Waals surface area (Å²) in [6.07, 6.45) is 1.28. The highest BCUT2D eigenvalue weighted by Crippen LogP contribution is 2.26. The zero-order chi connectivity index (χ0) is 20.8. The Kier molecular flexibility index (Phi) is 6.69. The first kappa shape index (κ1) is 20.6. The molecule has 3 aromatic carbocycles. The maximum Gasteiger partial charge on any atom is 0.240 e. The Labute approximate surface area is 177 Å². The minimum atomic E-state index is -0.432. The molecule has 29 heavy (non-hydrogen) atoms. The average Bonchev–Trinajstić information content (AvgIpc) is 2.70. The summed E-state index contributed by atoms with van der Waals surface area (Å²) in [5.74, 6) is -0.737. The number of carbonyl (C=O) groups excluding carboxylic acids is 2. The second kappa shape index (κ2) is 9.41. The molecule has 0 aliphatic carbocycles. The van der Waals surface area contributed by atoms with Crippen molar-refractivity contribution in [3.63, 3.8) is 0 Å². The van der Waals surface area contributed by atoms with E-state index in [4.69, 9.17) is 23.2 Å². The zero-order valence-corrected chi connectivity index (χ0v) is 16.7. The molecule has 0 aliphatic heterocycles. The van der Waals surface area contributed by atoms with Gasteiger partial charge in [-0.05, 0) is 35.0 Å². The van der Waals surface area contributed by atoms with Crippen LogP contribution in [0.1, 0.15) is 18.4 Å². The van der Waals surface area contributed by atoms with Gasteiger partial charge in [0.25, 0.3) is 0 Å². The minimum absolute atomic E-state index is 0.0418. The molecule has 3 aromatic rings.